The first-order valence-corrected chi connectivity index (χ1v) is 7.11. The van der Waals surface area contributed by atoms with Gasteiger partial charge in [0.25, 0.3) is 0 Å². The molecule has 104 valence electrons. The van der Waals surface area contributed by atoms with Gasteiger partial charge in [-0.05, 0) is 18.5 Å². The molecule has 5 nitrogen and oxygen atoms in total. The number of aliphatic hydroxyl groups is 1. The number of nitrogens with zero attached hydrogens (tertiary/aromatic N) is 3. The van der Waals surface area contributed by atoms with Crippen LogP contribution in [-0.4, -0.2) is 53.4 Å². The van der Waals surface area contributed by atoms with Crippen LogP contribution in [0.15, 0.2) is 11.4 Å². The van der Waals surface area contributed by atoms with E-state index in [2.05, 4.69) is 9.97 Å². The minimum absolute atomic E-state index is 0.315. The normalized spacial score (nSPS) is 13.3. The van der Waals surface area contributed by atoms with Crippen molar-refractivity contribution in [1.82, 2.24) is 14.9 Å². The molecule has 0 saturated heterocycles. The quantitative estimate of drug-likeness (QED) is 0.824. The Kier molecular flexibility index (Phi) is 5.06. The highest BCUT2D eigenvalue weighted by Gasteiger charge is 2.12. The van der Waals surface area contributed by atoms with E-state index in [9.17, 15) is 5.11 Å². The van der Waals surface area contributed by atoms with Gasteiger partial charge in [0.1, 0.15) is 15.8 Å². The SMILES string of the molecule is COCC(O)CN(C)Cc1nc(Cl)c2ccsc2n1. The molecule has 7 heteroatoms. The Bertz CT molecular complexity index is 549. The molecule has 2 aromatic heterocycles. The van der Waals surface area contributed by atoms with Crippen LogP contribution in [0.3, 0.4) is 0 Å². The van der Waals surface area contributed by atoms with Gasteiger partial charge in [-0.15, -0.1) is 11.3 Å². The van der Waals surface area contributed by atoms with E-state index in [-0.39, 0.29) is 0 Å². The first kappa shape index (κ1) is 14.6. The highest BCUT2D eigenvalue weighted by atomic mass is 35.5. The van der Waals surface area contributed by atoms with E-state index in [1.165, 1.54) is 0 Å². The molecule has 0 spiro atoms. The lowest BCUT2D eigenvalue weighted by molar-refractivity contribution is 0.0414. The summed E-state index contributed by atoms with van der Waals surface area (Å²) in [7, 11) is 3.46. The number of rotatable bonds is 6. The zero-order valence-corrected chi connectivity index (χ0v) is 12.4. The van der Waals surface area contributed by atoms with E-state index in [4.69, 9.17) is 16.3 Å². The topological polar surface area (TPSA) is 58.5 Å². The molecule has 2 heterocycles. The molecule has 19 heavy (non-hydrogen) atoms. The van der Waals surface area contributed by atoms with Gasteiger partial charge in [-0.2, -0.15) is 0 Å². The molecule has 0 saturated carbocycles. The van der Waals surface area contributed by atoms with Crippen LogP contribution < -0.4 is 0 Å². The highest BCUT2D eigenvalue weighted by Crippen LogP contribution is 2.24. The predicted molar refractivity (Wildman–Crippen MR) is 76.6 cm³/mol. The van der Waals surface area contributed by atoms with Crippen molar-refractivity contribution < 1.29 is 9.84 Å². The van der Waals surface area contributed by atoms with Gasteiger partial charge in [-0.25, -0.2) is 9.97 Å². The monoisotopic (exact) mass is 301 g/mol. The van der Waals surface area contributed by atoms with E-state index >= 15 is 0 Å². The summed E-state index contributed by atoms with van der Waals surface area (Å²) in [6, 6.07) is 1.91. The van der Waals surface area contributed by atoms with Gasteiger partial charge in [0.05, 0.1) is 19.3 Å². The summed E-state index contributed by atoms with van der Waals surface area (Å²) in [5.74, 6) is 0.659. The maximum Gasteiger partial charge on any atom is 0.145 e. The molecule has 0 amide bonds. The third kappa shape index (κ3) is 3.84. The van der Waals surface area contributed by atoms with Crippen molar-refractivity contribution in [3.8, 4) is 0 Å². The van der Waals surface area contributed by atoms with Crippen LogP contribution in [0.25, 0.3) is 10.2 Å². The van der Waals surface area contributed by atoms with Crippen LogP contribution in [0, 0.1) is 0 Å². The van der Waals surface area contributed by atoms with Crippen LogP contribution in [0.1, 0.15) is 5.82 Å². The Morgan fingerprint density at radius 3 is 3.05 bits per heavy atom. The van der Waals surface area contributed by atoms with Crippen molar-refractivity contribution in [2.24, 2.45) is 0 Å². The van der Waals surface area contributed by atoms with Gasteiger partial charge in [0.15, 0.2) is 0 Å². The molecular weight excluding hydrogens is 286 g/mol. The highest BCUT2D eigenvalue weighted by molar-refractivity contribution is 7.16. The molecule has 1 N–H and O–H groups in total. The van der Waals surface area contributed by atoms with Gasteiger partial charge in [0, 0.05) is 19.0 Å². The number of aromatic nitrogens is 2. The second-order valence-electron chi connectivity index (χ2n) is 4.38. The average Bonchev–Trinajstić information content (AvgIpc) is 2.77. The summed E-state index contributed by atoms with van der Waals surface area (Å²) in [5.41, 5.74) is 0. The second kappa shape index (κ2) is 6.58. The van der Waals surface area contributed by atoms with E-state index in [0.29, 0.717) is 30.7 Å². The summed E-state index contributed by atoms with van der Waals surface area (Å²) in [6.45, 7) is 1.35. The molecular formula is C12H16ClN3O2S. The molecule has 1 atom stereocenters. The first-order chi connectivity index (χ1) is 9.10. The van der Waals surface area contributed by atoms with Crippen molar-refractivity contribution in [3.05, 3.63) is 22.4 Å². The number of hydrogen-bond acceptors (Lipinski definition) is 6. The minimum Gasteiger partial charge on any atom is -0.389 e. The van der Waals surface area contributed by atoms with Crippen LogP contribution in [0.5, 0.6) is 0 Å². The third-order valence-corrected chi connectivity index (χ3v) is 3.71. The van der Waals surface area contributed by atoms with Gasteiger partial charge in [-0.1, -0.05) is 11.6 Å². The van der Waals surface area contributed by atoms with E-state index in [1.807, 2.05) is 23.4 Å². The first-order valence-electron chi connectivity index (χ1n) is 5.85. The lowest BCUT2D eigenvalue weighted by Crippen LogP contribution is -2.32. The largest absolute Gasteiger partial charge is 0.389 e. The maximum atomic E-state index is 9.66. The molecule has 0 aliphatic rings. The van der Waals surface area contributed by atoms with Gasteiger partial charge >= 0.3 is 0 Å². The number of halogens is 1. The van der Waals surface area contributed by atoms with E-state index in [1.54, 1.807) is 18.4 Å². The Morgan fingerprint density at radius 2 is 2.32 bits per heavy atom. The summed E-state index contributed by atoms with van der Waals surface area (Å²) in [4.78, 5) is 11.6. The smallest absolute Gasteiger partial charge is 0.145 e. The van der Waals surface area contributed by atoms with Crippen molar-refractivity contribution >= 4 is 33.2 Å². The standard InChI is InChI=1S/C12H16ClN3O2S/c1-16(5-8(17)7-18-2)6-10-14-11(13)9-3-4-19-12(9)15-10/h3-4,8,17H,5-7H2,1-2H3. The third-order valence-electron chi connectivity index (χ3n) is 2.62. The van der Waals surface area contributed by atoms with E-state index in [0.717, 1.165) is 10.2 Å². The fourth-order valence-corrected chi connectivity index (χ4v) is 2.93. The molecule has 2 rings (SSSR count). The summed E-state index contributed by atoms with van der Waals surface area (Å²) in [5, 5.41) is 13.0. The second-order valence-corrected chi connectivity index (χ2v) is 5.63. The number of methoxy groups -OCH3 is 1. The predicted octanol–water partition coefficient (Wildman–Crippen LogP) is 1.78. The van der Waals surface area contributed by atoms with Gasteiger partial charge in [0.2, 0.25) is 0 Å². The number of thiophene rings is 1. The Morgan fingerprint density at radius 1 is 1.53 bits per heavy atom. The molecule has 0 radical (unpaired) electrons. The molecule has 0 aliphatic carbocycles. The zero-order valence-electron chi connectivity index (χ0n) is 10.8. The fraction of sp³-hybridized carbons (Fsp3) is 0.500. The summed E-state index contributed by atoms with van der Waals surface area (Å²) in [6.07, 6.45) is -0.518. The Balaban J connectivity index is 2.04. The number of hydrogen-bond donors (Lipinski definition) is 1. The molecule has 0 aromatic carbocycles. The van der Waals surface area contributed by atoms with Crippen LogP contribution in [-0.2, 0) is 11.3 Å². The lowest BCUT2D eigenvalue weighted by Gasteiger charge is -2.19. The van der Waals surface area contributed by atoms with Crippen LogP contribution in [0.2, 0.25) is 5.15 Å². The van der Waals surface area contributed by atoms with Crippen molar-refractivity contribution in [2.45, 2.75) is 12.6 Å². The zero-order chi connectivity index (χ0) is 13.8. The average molecular weight is 302 g/mol. The number of aliphatic hydroxyl groups excluding tert-OH is 1. The van der Waals surface area contributed by atoms with Crippen LogP contribution >= 0.6 is 22.9 Å². The molecule has 2 aromatic rings. The lowest BCUT2D eigenvalue weighted by atomic mass is 10.3. The van der Waals surface area contributed by atoms with Crippen LogP contribution in [0.4, 0.5) is 0 Å². The number of fused-ring (bicyclic) bond motifs is 1. The summed E-state index contributed by atoms with van der Waals surface area (Å²) >= 11 is 7.65. The van der Waals surface area contributed by atoms with Crippen molar-refractivity contribution in [3.63, 3.8) is 0 Å². The number of ether oxygens (including phenoxy) is 1. The Hall–Kier alpha value is -0.790. The van der Waals surface area contributed by atoms with Gasteiger partial charge in [-0.3, -0.25) is 4.90 Å². The number of likely N-dealkylation sites (N-methyl/N-ethyl adjacent to an activating group) is 1. The van der Waals surface area contributed by atoms with Crippen molar-refractivity contribution in [2.75, 3.05) is 27.3 Å². The minimum atomic E-state index is -0.518. The Labute approximate surface area is 120 Å². The fourth-order valence-electron chi connectivity index (χ4n) is 1.84. The molecule has 1 unspecified atom stereocenters. The maximum absolute atomic E-state index is 9.66. The molecule has 0 bridgehead atoms. The van der Waals surface area contributed by atoms with Crippen molar-refractivity contribution in [1.29, 1.82) is 0 Å². The summed E-state index contributed by atoms with van der Waals surface area (Å²) < 4.78 is 4.89. The van der Waals surface area contributed by atoms with Gasteiger partial charge < -0.3 is 9.84 Å². The molecule has 0 fully saturated rings. The molecule has 0 aliphatic heterocycles. The van der Waals surface area contributed by atoms with E-state index < -0.39 is 6.10 Å².